The quantitative estimate of drug-likeness (QED) is 0.746. The summed E-state index contributed by atoms with van der Waals surface area (Å²) in [6, 6.07) is 2.81. The van der Waals surface area contributed by atoms with Crippen molar-refractivity contribution < 1.29 is 19.0 Å². The van der Waals surface area contributed by atoms with E-state index in [0.717, 1.165) is 6.07 Å². The Hall–Kier alpha value is -2.78. The summed E-state index contributed by atoms with van der Waals surface area (Å²) < 4.78 is 21.4. The van der Waals surface area contributed by atoms with Crippen molar-refractivity contribution in [1.82, 2.24) is 4.57 Å². The maximum atomic E-state index is 15.0. The number of hydrogen-bond acceptors (Lipinski definition) is 6. The fraction of sp³-hybridized carbons (Fsp3) is 0.263. The minimum Gasteiger partial charge on any atom is -0.449 e. The average Bonchev–Trinajstić information content (AvgIpc) is 2.96. The van der Waals surface area contributed by atoms with Crippen LogP contribution in [0.2, 0.25) is 0 Å². The van der Waals surface area contributed by atoms with Crippen molar-refractivity contribution in [1.29, 1.82) is 0 Å². The second-order valence-electron chi connectivity index (χ2n) is 7.20. The highest BCUT2D eigenvalue weighted by molar-refractivity contribution is 7.99. The number of nitrogens with two attached hydrogens (primary N) is 1. The smallest absolute Gasteiger partial charge is 0.449 e. The molecule has 1 fully saturated rings. The summed E-state index contributed by atoms with van der Waals surface area (Å²) in [7, 11) is 0. The normalized spacial score (nSPS) is 24.8. The van der Waals surface area contributed by atoms with Crippen molar-refractivity contribution in [3.63, 3.8) is 0 Å². The largest absolute Gasteiger partial charge is 0.511 e. The van der Waals surface area contributed by atoms with Gasteiger partial charge < -0.3 is 25.0 Å². The number of benzene rings is 1. The summed E-state index contributed by atoms with van der Waals surface area (Å²) >= 11 is 1.32. The van der Waals surface area contributed by atoms with Gasteiger partial charge in [-0.2, -0.15) is 0 Å². The number of thioether (sulfide) groups is 1. The number of fused-ring (bicyclic) bond motifs is 4. The Morgan fingerprint density at radius 3 is 2.89 bits per heavy atom. The molecule has 3 N–H and O–H groups in total. The van der Waals surface area contributed by atoms with Gasteiger partial charge in [0.05, 0.1) is 28.0 Å². The predicted molar refractivity (Wildman–Crippen MR) is 104 cm³/mol. The zero-order valence-corrected chi connectivity index (χ0v) is 15.4. The molecule has 3 aliphatic rings. The zero-order valence-electron chi connectivity index (χ0n) is 14.6. The highest BCUT2D eigenvalue weighted by Gasteiger charge is 2.42. The molecule has 1 saturated heterocycles. The maximum absolute atomic E-state index is 15.0. The van der Waals surface area contributed by atoms with Crippen LogP contribution in [0, 0.1) is 11.7 Å². The van der Waals surface area contributed by atoms with E-state index in [-0.39, 0.29) is 17.1 Å². The van der Waals surface area contributed by atoms with Crippen LogP contribution in [-0.4, -0.2) is 34.5 Å². The van der Waals surface area contributed by atoms with Gasteiger partial charge >= 0.3 is 6.16 Å². The number of nitrogens with zero attached hydrogens (tertiary/aromatic N) is 2. The average molecular weight is 401 g/mol. The van der Waals surface area contributed by atoms with E-state index in [4.69, 9.17) is 10.8 Å². The van der Waals surface area contributed by atoms with E-state index in [2.05, 4.69) is 4.74 Å². The van der Waals surface area contributed by atoms with Gasteiger partial charge in [-0.1, -0.05) is 36.1 Å². The minimum atomic E-state index is -1.57. The standard InChI is InChI=1S/C19H16FN3O4S/c20-12-5-11-13(23-9-28-17(23)16(15(11)24)27-18(25)26)6-14(12)22-7-10-3-1-2-4-19(10,21)8-22/h1-6,10H,7-9,21H2,(H,25,26). The maximum Gasteiger partial charge on any atom is 0.511 e. The van der Waals surface area contributed by atoms with Crippen molar-refractivity contribution >= 4 is 34.5 Å². The Kier molecular flexibility index (Phi) is 3.62. The molecule has 3 heterocycles. The van der Waals surface area contributed by atoms with Crippen molar-refractivity contribution in [3.05, 3.63) is 52.5 Å². The Morgan fingerprint density at radius 1 is 1.39 bits per heavy atom. The molecule has 28 heavy (non-hydrogen) atoms. The third kappa shape index (κ3) is 2.39. The van der Waals surface area contributed by atoms with E-state index in [1.54, 1.807) is 10.6 Å². The lowest BCUT2D eigenvalue weighted by molar-refractivity contribution is 0.142. The number of ether oxygens (including phenoxy) is 1. The van der Waals surface area contributed by atoms with Crippen LogP contribution in [-0.2, 0) is 5.88 Å². The number of hydrogen-bond donors (Lipinski definition) is 2. The number of anilines is 1. The minimum absolute atomic E-state index is 0.0835. The molecule has 1 aliphatic carbocycles. The van der Waals surface area contributed by atoms with Gasteiger partial charge in [0.1, 0.15) is 10.8 Å². The SMILES string of the molecule is NC12C=CC=CC1CN(c1cc3c(cc1F)c(=O)c(OC(=O)O)c1n3CS1)C2. The summed E-state index contributed by atoms with van der Waals surface area (Å²) in [4.78, 5) is 25.5. The molecule has 0 radical (unpaired) electrons. The molecule has 9 heteroatoms. The summed E-state index contributed by atoms with van der Waals surface area (Å²) in [6.45, 7) is 1.04. The first kappa shape index (κ1) is 17.3. The number of carboxylic acid groups (broad SMARTS) is 1. The van der Waals surface area contributed by atoms with E-state index in [1.165, 1.54) is 11.8 Å². The highest BCUT2D eigenvalue weighted by atomic mass is 32.2. The van der Waals surface area contributed by atoms with E-state index >= 15 is 0 Å². The Balaban J connectivity index is 1.63. The van der Waals surface area contributed by atoms with Crippen LogP contribution in [0.15, 0.2) is 46.3 Å². The van der Waals surface area contributed by atoms with Gasteiger partial charge in [-0.05, 0) is 12.1 Å². The summed E-state index contributed by atoms with van der Waals surface area (Å²) in [5.74, 6) is -0.206. The fourth-order valence-electron chi connectivity index (χ4n) is 4.11. The number of pyridine rings is 1. The topological polar surface area (TPSA) is 97.8 Å². The van der Waals surface area contributed by atoms with E-state index in [0.29, 0.717) is 35.2 Å². The number of carbonyl (C=O) groups is 1. The van der Waals surface area contributed by atoms with Crippen LogP contribution < -0.4 is 20.8 Å². The van der Waals surface area contributed by atoms with Crippen LogP contribution >= 0.6 is 11.8 Å². The van der Waals surface area contributed by atoms with Crippen LogP contribution in [0.5, 0.6) is 5.75 Å². The Labute approximate surface area is 162 Å². The molecule has 0 spiro atoms. The third-order valence-electron chi connectivity index (χ3n) is 5.54. The second kappa shape index (κ2) is 5.86. The van der Waals surface area contributed by atoms with Gasteiger partial charge in [0.15, 0.2) is 0 Å². The Bertz CT molecular complexity index is 1160. The van der Waals surface area contributed by atoms with E-state index in [9.17, 15) is 14.0 Å². The zero-order chi connectivity index (χ0) is 19.6. The van der Waals surface area contributed by atoms with Crippen LogP contribution in [0.4, 0.5) is 14.9 Å². The molecule has 5 rings (SSSR count). The molecule has 2 unspecified atom stereocenters. The molecule has 2 atom stereocenters. The monoisotopic (exact) mass is 401 g/mol. The first-order chi connectivity index (χ1) is 13.4. The lowest BCUT2D eigenvalue weighted by atomic mass is 9.85. The molecule has 144 valence electrons. The van der Waals surface area contributed by atoms with Crippen molar-refractivity contribution in [2.75, 3.05) is 18.0 Å². The van der Waals surface area contributed by atoms with Gasteiger partial charge in [0.2, 0.25) is 11.2 Å². The van der Waals surface area contributed by atoms with Gasteiger partial charge in [0, 0.05) is 19.0 Å². The van der Waals surface area contributed by atoms with E-state index < -0.39 is 22.9 Å². The summed E-state index contributed by atoms with van der Waals surface area (Å²) in [5.41, 5.74) is 6.24. The van der Waals surface area contributed by atoms with Gasteiger partial charge in [-0.25, -0.2) is 9.18 Å². The van der Waals surface area contributed by atoms with Crippen LogP contribution in [0.3, 0.4) is 0 Å². The van der Waals surface area contributed by atoms with Gasteiger partial charge in [-0.15, -0.1) is 0 Å². The Morgan fingerprint density at radius 2 is 2.21 bits per heavy atom. The molecule has 0 amide bonds. The van der Waals surface area contributed by atoms with Crippen LogP contribution in [0.1, 0.15) is 0 Å². The molecular formula is C19H16FN3O4S. The van der Waals surface area contributed by atoms with Gasteiger partial charge in [-0.3, -0.25) is 4.79 Å². The van der Waals surface area contributed by atoms with E-state index in [1.807, 2.05) is 29.2 Å². The van der Waals surface area contributed by atoms with Crippen molar-refractivity contribution in [2.45, 2.75) is 16.4 Å². The molecular weight excluding hydrogens is 385 g/mol. The van der Waals surface area contributed by atoms with Crippen LogP contribution in [0.25, 0.3) is 10.9 Å². The molecule has 0 saturated carbocycles. The summed E-state index contributed by atoms with van der Waals surface area (Å²) in [6.07, 6.45) is 6.25. The first-order valence-electron chi connectivity index (χ1n) is 8.71. The van der Waals surface area contributed by atoms with Crippen molar-refractivity contribution in [2.24, 2.45) is 11.7 Å². The second-order valence-corrected chi connectivity index (χ2v) is 8.13. The molecule has 2 aliphatic heterocycles. The van der Waals surface area contributed by atoms with Gasteiger partial charge in [0.25, 0.3) is 0 Å². The molecule has 0 bridgehead atoms. The lowest BCUT2D eigenvalue weighted by Gasteiger charge is -2.28. The lowest BCUT2D eigenvalue weighted by Crippen LogP contribution is -2.46. The molecule has 1 aromatic carbocycles. The molecule has 2 aromatic rings. The first-order valence-corrected chi connectivity index (χ1v) is 9.69. The fourth-order valence-corrected chi connectivity index (χ4v) is 5.00. The third-order valence-corrected chi connectivity index (χ3v) is 6.61. The molecule has 7 nitrogen and oxygen atoms in total. The molecule has 1 aromatic heterocycles. The highest BCUT2D eigenvalue weighted by Crippen LogP contribution is 2.42. The van der Waals surface area contributed by atoms with Crippen molar-refractivity contribution in [3.8, 4) is 5.75 Å². The summed E-state index contributed by atoms with van der Waals surface area (Å²) in [5, 5.41) is 9.42. The number of aromatic nitrogens is 1. The number of allylic oxidation sites excluding steroid dienone is 2. The number of rotatable bonds is 2. The number of halogens is 1. The predicted octanol–water partition coefficient (Wildman–Crippen LogP) is 2.52.